The molecule has 0 spiro atoms. The molecule has 16 heavy (non-hydrogen) atoms. The number of primary amides is 1. The molecule has 0 bridgehead atoms. The second kappa shape index (κ2) is 5.59. The fraction of sp³-hybridized carbons (Fsp3) is 0.667. The zero-order chi connectivity index (χ0) is 13.0. The number of amides is 1. The Labute approximate surface area is 94.3 Å². The van der Waals surface area contributed by atoms with Crippen LogP contribution in [0.15, 0.2) is 12.2 Å². The molecule has 2 atom stereocenters. The van der Waals surface area contributed by atoms with Gasteiger partial charge in [-0.2, -0.15) is 0 Å². The number of hydrogen-bond donors (Lipinski definition) is 4. The summed E-state index contributed by atoms with van der Waals surface area (Å²) in [7, 11) is -4.53. The van der Waals surface area contributed by atoms with Gasteiger partial charge in [0.2, 0.25) is 5.91 Å². The SMILES string of the molecule is CC(CC=CC(N)=O)CC(C)(O)P(=O)(O)O. The van der Waals surface area contributed by atoms with E-state index in [0.717, 1.165) is 6.92 Å². The Bertz CT molecular complexity index is 320. The molecule has 0 aliphatic heterocycles. The van der Waals surface area contributed by atoms with Gasteiger partial charge in [0.05, 0.1) is 0 Å². The number of carbonyl (C=O) groups is 1. The summed E-state index contributed by atoms with van der Waals surface area (Å²) in [4.78, 5) is 28.1. The molecular formula is C9H18NO5P. The lowest BCUT2D eigenvalue weighted by Crippen LogP contribution is -2.26. The molecule has 0 heterocycles. The lowest BCUT2D eigenvalue weighted by molar-refractivity contribution is -0.113. The van der Waals surface area contributed by atoms with Crippen molar-refractivity contribution in [1.82, 2.24) is 0 Å². The van der Waals surface area contributed by atoms with Gasteiger partial charge in [-0.05, 0) is 31.8 Å². The van der Waals surface area contributed by atoms with Crippen molar-refractivity contribution in [2.75, 3.05) is 0 Å². The van der Waals surface area contributed by atoms with Crippen LogP contribution in [0.4, 0.5) is 0 Å². The molecule has 0 aromatic rings. The van der Waals surface area contributed by atoms with Gasteiger partial charge in [0.25, 0.3) is 0 Å². The van der Waals surface area contributed by atoms with Gasteiger partial charge in [0.15, 0.2) is 5.34 Å². The minimum absolute atomic E-state index is 0.0552. The molecule has 0 radical (unpaired) electrons. The quantitative estimate of drug-likeness (QED) is 0.400. The molecule has 5 N–H and O–H groups in total. The van der Waals surface area contributed by atoms with Crippen molar-refractivity contribution in [3.63, 3.8) is 0 Å². The molecular weight excluding hydrogens is 233 g/mol. The summed E-state index contributed by atoms with van der Waals surface area (Å²) >= 11 is 0. The summed E-state index contributed by atoms with van der Waals surface area (Å²) < 4.78 is 10.9. The van der Waals surface area contributed by atoms with Crippen LogP contribution in [-0.4, -0.2) is 26.1 Å². The maximum atomic E-state index is 10.9. The Morgan fingerprint density at radius 1 is 1.56 bits per heavy atom. The highest BCUT2D eigenvalue weighted by molar-refractivity contribution is 7.53. The third-order valence-electron chi connectivity index (χ3n) is 2.18. The third kappa shape index (κ3) is 5.42. The summed E-state index contributed by atoms with van der Waals surface area (Å²) in [5.74, 6) is -0.743. The van der Waals surface area contributed by atoms with E-state index in [1.165, 1.54) is 12.2 Å². The van der Waals surface area contributed by atoms with Gasteiger partial charge in [0.1, 0.15) is 0 Å². The van der Waals surface area contributed by atoms with Crippen molar-refractivity contribution in [1.29, 1.82) is 0 Å². The van der Waals surface area contributed by atoms with E-state index in [9.17, 15) is 14.5 Å². The molecule has 0 aliphatic rings. The zero-order valence-corrected chi connectivity index (χ0v) is 10.2. The van der Waals surface area contributed by atoms with Crippen LogP contribution in [0.2, 0.25) is 0 Å². The Kier molecular flexibility index (Phi) is 5.35. The molecule has 0 aliphatic carbocycles. The fourth-order valence-corrected chi connectivity index (χ4v) is 1.83. The second-order valence-electron chi connectivity index (χ2n) is 4.11. The molecule has 0 saturated heterocycles. The second-order valence-corrected chi connectivity index (χ2v) is 6.16. The lowest BCUT2D eigenvalue weighted by atomic mass is 10.0. The van der Waals surface area contributed by atoms with Crippen molar-refractivity contribution in [2.45, 2.75) is 32.0 Å². The average Bonchev–Trinajstić information content (AvgIpc) is 1.99. The molecule has 0 saturated carbocycles. The number of nitrogens with two attached hydrogens (primary N) is 1. The first-order valence-corrected chi connectivity index (χ1v) is 6.41. The van der Waals surface area contributed by atoms with E-state index in [0.29, 0.717) is 6.42 Å². The summed E-state index contributed by atoms with van der Waals surface area (Å²) in [6, 6.07) is 0. The smallest absolute Gasteiger partial charge is 0.356 e. The number of carbonyl (C=O) groups excluding carboxylic acids is 1. The summed E-state index contributed by atoms with van der Waals surface area (Å²) in [5, 5.41) is 7.52. The van der Waals surface area contributed by atoms with E-state index >= 15 is 0 Å². The Hall–Kier alpha value is -0.680. The number of aliphatic hydroxyl groups is 1. The van der Waals surface area contributed by atoms with E-state index in [1.807, 2.05) is 0 Å². The van der Waals surface area contributed by atoms with Gasteiger partial charge < -0.3 is 20.6 Å². The molecule has 0 rings (SSSR count). The third-order valence-corrected chi connectivity index (χ3v) is 3.62. The Morgan fingerprint density at radius 2 is 2.06 bits per heavy atom. The number of allylic oxidation sites excluding steroid dienone is 1. The van der Waals surface area contributed by atoms with Gasteiger partial charge in [-0.1, -0.05) is 13.0 Å². The molecule has 0 aromatic heterocycles. The molecule has 7 heteroatoms. The molecule has 0 aromatic carbocycles. The molecule has 1 amide bonds. The van der Waals surface area contributed by atoms with Gasteiger partial charge in [-0.25, -0.2) is 0 Å². The van der Waals surface area contributed by atoms with Gasteiger partial charge in [0, 0.05) is 0 Å². The van der Waals surface area contributed by atoms with E-state index in [-0.39, 0.29) is 12.3 Å². The van der Waals surface area contributed by atoms with Crippen LogP contribution in [0.1, 0.15) is 26.7 Å². The monoisotopic (exact) mass is 251 g/mol. The first-order valence-electron chi connectivity index (χ1n) is 4.80. The number of rotatable bonds is 6. The Balaban J connectivity index is 4.30. The average molecular weight is 251 g/mol. The maximum absolute atomic E-state index is 10.9. The summed E-state index contributed by atoms with van der Waals surface area (Å²) in [6.45, 7) is 2.82. The van der Waals surface area contributed by atoms with Crippen LogP contribution >= 0.6 is 7.60 Å². The van der Waals surface area contributed by atoms with Gasteiger partial charge in [-0.15, -0.1) is 0 Å². The van der Waals surface area contributed by atoms with Crippen molar-refractivity contribution in [3.05, 3.63) is 12.2 Å². The molecule has 2 unspecified atom stereocenters. The lowest BCUT2D eigenvalue weighted by Gasteiger charge is -2.26. The van der Waals surface area contributed by atoms with Crippen LogP contribution < -0.4 is 5.73 Å². The van der Waals surface area contributed by atoms with Crippen molar-refractivity contribution in [2.24, 2.45) is 11.7 Å². The highest BCUT2D eigenvalue weighted by Crippen LogP contribution is 2.51. The first kappa shape index (κ1) is 15.3. The van der Waals surface area contributed by atoms with Crippen LogP contribution in [0.25, 0.3) is 0 Å². The minimum Gasteiger partial charge on any atom is -0.377 e. The zero-order valence-electron chi connectivity index (χ0n) is 9.33. The van der Waals surface area contributed by atoms with E-state index < -0.39 is 18.8 Å². The van der Waals surface area contributed by atoms with Crippen LogP contribution in [0.3, 0.4) is 0 Å². The maximum Gasteiger partial charge on any atom is 0.356 e. The number of hydrogen-bond acceptors (Lipinski definition) is 3. The van der Waals surface area contributed by atoms with E-state index in [2.05, 4.69) is 0 Å². The molecule has 6 nitrogen and oxygen atoms in total. The fourth-order valence-electron chi connectivity index (χ4n) is 1.28. The predicted molar refractivity (Wildman–Crippen MR) is 59.4 cm³/mol. The Morgan fingerprint density at radius 3 is 2.44 bits per heavy atom. The van der Waals surface area contributed by atoms with E-state index in [4.69, 9.17) is 15.5 Å². The first-order chi connectivity index (χ1) is 7.06. The minimum atomic E-state index is -4.53. The normalized spacial score (nSPS) is 18.3. The standard InChI is InChI=1S/C9H18NO5P/c1-7(4-3-5-8(10)11)6-9(2,12)16(13,14)15/h3,5,7,12H,4,6H2,1-2H3,(H2,10,11)(H2,13,14,15). The van der Waals surface area contributed by atoms with Crippen molar-refractivity contribution < 1.29 is 24.3 Å². The molecule has 94 valence electrons. The van der Waals surface area contributed by atoms with Gasteiger partial charge >= 0.3 is 7.60 Å². The largest absolute Gasteiger partial charge is 0.377 e. The van der Waals surface area contributed by atoms with E-state index in [1.54, 1.807) is 6.92 Å². The van der Waals surface area contributed by atoms with Crippen molar-refractivity contribution in [3.8, 4) is 0 Å². The van der Waals surface area contributed by atoms with Crippen LogP contribution in [0, 0.1) is 5.92 Å². The summed E-state index contributed by atoms with van der Waals surface area (Å²) in [6.07, 6.45) is 3.06. The van der Waals surface area contributed by atoms with Gasteiger partial charge in [-0.3, -0.25) is 9.36 Å². The van der Waals surface area contributed by atoms with Crippen LogP contribution in [0.5, 0.6) is 0 Å². The highest BCUT2D eigenvalue weighted by atomic mass is 31.2. The predicted octanol–water partition coefficient (Wildman–Crippen LogP) is 0.330. The van der Waals surface area contributed by atoms with Crippen molar-refractivity contribution >= 4 is 13.5 Å². The topological polar surface area (TPSA) is 121 Å². The summed E-state index contributed by atoms with van der Waals surface area (Å²) in [5.41, 5.74) is 4.88. The molecule has 0 fully saturated rings. The van der Waals surface area contributed by atoms with Crippen LogP contribution in [-0.2, 0) is 9.36 Å². The highest BCUT2D eigenvalue weighted by Gasteiger charge is 2.40.